The van der Waals surface area contributed by atoms with Crippen molar-refractivity contribution in [2.45, 2.75) is 13.0 Å². The number of aromatic nitrogens is 1. The number of hydrogen-bond acceptors (Lipinski definition) is 8. The monoisotopic (exact) mass is 490 g/mol. The molecule has 4 aromatic rings. The molecule has 0 aliphatic carbocycles. The molecule has 0 amide bonds. The van der Waals surface area contributed by atoms with Crippen LogP contribution in [0.1, 0.15) is 17.0 Å². The summed E-state index contributed by atoms with van der Waals surface area (Å²) in [4.78, 5) is 10.6. The minimum Gasteiger partial charge on any atom is -0.748 e. The summed E-state index contributed by atoms with van der Waals surface area (Å²) >= 11 is 3.06. The summed E-state index contributed by atoms with van der Waals surface area (Å²) in [6.07, 6.45) is 3.81. The minimum absolute atomic E-state index is 0.00190. The van der Waals surface area contributed by atoms with Crippen LogP contribution < -0.4 is 9.30 Å². The molecule has 0 aliphatic heterocycles. The highest BCUT2D eigenvalue weighted by Gasteiger charge is 2.24. The van der Waals surface area contributed by atoms with Crippen LogP contribution in [-0.2, 0) is 16.7 Å². The molecule has 32 heavy (non-hydrogen) atoms. The summed E-state index contributed by atoms with van der Waals surface area (Å²) < 4.78 is 42.8. The average Bonchev–Trinajstić information content (AvgIpc) is 3.35. The smallest absolute Gasteiger partial charge is 0.270 e. The van der Waals surface area contributed by atoms with Gasteiger partial charge >= 0.3 is 0 Å². The second-order valence-electron chi connectivity index (χ2n) is 6.98. The zero-order valence-electron chi connectivity index (χ0n) is 16.9. The Morgan fingerprint density at radius 1 is 1.22 bits per heavy atom. The highest BCUT2D eigenvalue weighted by Crippen LogP contribution is 2.38. The largest absolute Gasteiger partial charge is 0.748 e. The van der Waals surface area contributed by atoms with Crippen molar-refractivity contribution in [3.63, 3.8) is 0 Å². The molecule has 0 bridgehead atoms. The van der Waals surface area contributed by atoms with E-state index in [2.05, 4.69) is 0 Å². The number of hydrogen-bond donors (Lipinski definition) is 0. The van der Waals surface area contributed by atoms with Gasteiger partial charge in [-0.05, 0) is 23.1 Å². The van der Waals surface area contributed by atoms with Crippen LogP contribution in [0.15, 0.2) is 41.8 Å². The van der Waals surface area contributed by atoms with Crippen LogP contribution in [0.25, 0.3) is 32.5 Å². The van der Waals surface area contributed by atoms with Crippen LogP contribution in [-0.4, -0.2) is 30.8 Å². The molecule has 0 aliphatic rings. The van der Waals surface area contributed by atoms with E-state index < -0.39 is 20.8 Å². The number of fused-ring (bicyclic) bond motifs is 3. The van der Waals surface area contributed by atoms with Crippen LogP contribution in [0.4, 0.5) is 5.69 Å². The molecule has 0 spiro atoms. The van der Waals surface area contributed by atoms with Gasteiger partial charge in [-0.2, -0.15) is 4.57 Å². The molecule has 11 heteroatoms. The first-order chi connectivity index (χ1) is 15.3. The summed E-state index contributed by atoms with van der Waals surface area (Å²) in [6, 6.07) is 10.2. The van der Waals surface area contributed by atoms with Crippen molar-refractivity contribution in [1.29, 1.82) is 0 Å². The Morgan fingerprint density at radius 3 is 2.75 bits per heavy atom. The summed E-state index contributed by atoms with van der Waals surface area (Å²) in [5.74, 6) is 0.299. The lowest BCUT2D eigenvalue weighted by molar-refractivity contribution is -0.667. The molecule has 4 rings (SSSR count). The van der Waals surface area contributed by atoms with E-state index in [1.807, 2.05) is 28.2 Å². The molecule has 0 fully saturated rings. The Balaban J connectivity index is 1.82. The SMILES string of the molecule is COc1cc2sc(/C=C/c3cccc([N+](=O)[O-])c3)[n+](CCCS(=O)(=O)[O-])c2c2sccc12. The normalized spacial score (nSPS) is 12.2. The van der Waals surface area contributed by atoms with Gasteiger partial charge in [-0.3, -0.25) is 10.1 Å². The predicted molar refractivity (Wildman–Crippen MR) is 125 cm³/mol. The zero-order chi connectivity index (χ0) is 22.9. The van der Waals surface area contributed by atoms with Gasteiger partial charge in [0.25, 0.3) is 10.7 Å². The van der Waals surface area contributed by atoms with E-state index in [1.54, 1.807) is 36.7 Å². The van der Waals surface area contributed by atoms with Gasteiger partial charge in [0.1, 0.15) is 15.1 Å². The van der Waals surface area contributed by atoms with Crippen molar-refractivity contribution in [1.82, 2.24) is 0 Å². The van der Waals surface area contributed by atoms with Gasteiger partial charge in [-0.15, -0.1) is 11.3 Å². The third kappa shape index (κ3) is 4.65. The second kappa shape index (κ2) is 8.94. The predicted octanol–water partition coefficient (Wildman–Crippen LogP) is 4.43. The molecule has 2 aromatic carbocycles. The van der Waals surface area contributed by atoms with E-state index in [1.165, 1.54) is 23.5 Å². The third-order valence-corrected chi connectivity index (χ3v) is 7.69. The molecule has 2 aromatic heterocycles. The Morgan fingerprint density at radius 2 is 2.03 bits per heavy atom. The number of thiophene rings is 1. The van der Waals surface area contributed by atoms with Gasteiger partial charge in [-0.1, -0.05) is 23.5 Å². The number of nitrogens with zero attached hydrogens (tertiary/aromatic N) is 2. The van der Waals surface area contributed by atoms with Crippen LogP contribution >= 0.6 is 22.7 Å². The highest BCUT2D eigenvalue weighted by molar-refractivity contribution is 7.85. The van der Waals surface area contributed by atoms with E-state index in [9.17, 15) is 23.1 Å². The summed E-state index contributed by atoms with van der Waals surface area (Å²) in [7, 11) is -2.70. The number of rotatable bonds is 8. The molecule has 0 saturated heterocycles. The molecular formula is C21H18N2O6S3. The van der Waals surface area contributed by atoms with Gasteiger partial charge < -0.3 is 9.29 Å². The molecule has 0 saturated carbocycles. The maximum Gasteiger partial charge on any atom is 0.270 e. The Labute approximate surface area is 191 Å². The Kier molecular flexibility index (Phi) is 6.24. The standard InChI is InChI=1S/C21H18N2O6S3/c1-29-17-13-18-20(21-16(17)8-10-30-21)22(9-3-11-32(26,27)28)19(31-18)7-6-14-4-2-5-15(12-14)23(24)25/h2,4-8,10,12-13H,3,9,11H2,1H3/b7-6+. The summed E-state index contributed by atoms with van der Waals surface area (Å²) in [6.45, 7) is 0.343. The lowest BCUT2D eigenvalue weighted by atomic mass is 10.2. The second-order valence-corrected chi connectivity index (χ2v) is 10.5. The number of nitro benzene ring substituents is 1. The van der Waals surface area contributed by atoms with Gasteiger partial charge in [0.05, 0.1) is 22.2 Å². The molecular weight excluding hydrogens is 472 g/mol. The molecule has 0 radical (unpaired) electrons. The Hall–Kier alpha value is -2.86. The van der Waals surface area contributed by atoms with Gasteiger partial charge in [0.2, 0.25) is 5.52 Å². The van der Waals surface area contributed by atoms with Crippen LogP contribution in [0.2, 0.25) is 0 Å². The molecule has 0 atom stereocenters. The number of thiazole rings is 1. The van der Waals surface area contributed by atoms with Crippen LogP contribution in [0, 0.1) is 10.1 Å². The number of aryl methyl sites for hydroxylation is 1. The van der Waals surface area contributed by atoms with Gasteiger partial charge in [0, 0.05) is 41.8 Å². The fraction of sp³-hybridized carbons (Fsp3) is 0.190. The van der Waals surface area contributed by atoms with Crippen molar-refractivity contribution >= 4 is 70.9 Å². The number of non-ortho nitro benzene ring substituents is 1. The number of benzene rings is 2. The Bertz CT molecular complexity index is 1450. The quantitative estimate of drug-likeness (QED) is 0.156. The highest BCUT2D eigenvalue weighted by atomic mass is 32.2. The van der Waals surface area contributed by atoms with Gasteiger partial charge in [-0.25, -0.2) is 8.42 Å². The maximum absolute atomic E-state index is 11.1. The molecule has 0 unspecified atom stereocenters. The van der Waals surface area contributed by atoms with Crippen LogP contribution in [0.5, 0.6) is 5.75 Å². The average molecular weight is 491 g/mol. The van der Waals surface area contributed by atoms with Crippen LogP contribution in [0.3, 0.4) is 0 Å². The van der Waals surface area contributed by atoms with Crippen molar-refractivity contribution in [3.8, 4) is 5.75 Å². The molecule has 166 valence electrons. The third-order valence-electron chi connectivity index (χ3n) is 4.89. The first-order valence-corrected chi connectivity index (χ1v) is 12.8. The van der Waals surface area contributed by atoms with Crippen molar-refractivity contribution in [2.24, 2.45) is 0 Å². The fourth-order valence-electron chi connectivity index (χ4n) is 3.50. The molecule has 2 heterocycles. The van der Waals surface area contributed by atoms with E-state index in [0.29, 0.717) is 12.1 Å². The minimum atomic E-state index is -4.31. The van der Waals surface area contributed by atoms with Crippen molar-refractivity contribution < 1.29 is 27.2 Å². The van der Waals surface area contributed by atoms with Crippen molar-refractivity contribution in [2.75, 3.05) is 12.9 Å². The first-order valence-electron chi connectivity index (χ1n) is 9.53. The summed E-state index contributed by atoms with van der Waals surface area (Å²) in [5, 5.41) is 14.8. The maximum atomic E-state index is 11.1. The number of nitro groups is 1. The molecule has 8 nitrogen and oxygen atoms in total. The van der Waals surface area contributed by atoms with Gasteiger partial charge in [0.15, 0.2) is 6.54 Å². The zero-order valence-corrected chi connectivity index (χ0v) is 19.3. The van der Waals surface area contributed by atoms with E-state index in [0.717, 1.165) is 31.1 Å². The summed E-state index contributed by atoms with van der Waals surface area (Å²) in [5.41, 5.74) is 1.62. The number of methoxy groups -OCH3 is 1. The van der Waals surface area contributed by atoms with E-state index in [4.69, 9.17) is 4.74 Å². The lowest BCUT2D eigenvalue weighted by Crippen LogP contribution is -2.36. The van der Waals surface area contributed by atoms with E-state index >= 15 is 0 Å². The molecule has 0 N–H and O–H groups in total. The lowest BCUT2D eigenvalue weighted by Gasteiger charge is -2.05. The first kappa shape index (κ1) is 22.3. The van der Waals surface area contributed by atoms with Crippen molar-refractivity contribution in [3.05, 3.63) is 62.5 Å². The number of ether oxygens (including phenoxy) is 1. The van der Waals surface area contributed by atoms with E-state index in [-0.39, 0.29) is 12.1 Å². The topological polar surface area (TPSA) is 113 Å². The fourth-order valence-corrected chi connectivity index (χ4v) is 6.14.